The minimum atomic E-state index is 0.0283. The Hall–Kier alpha value is -2.63. The van der Waals surface area contributed by atoms with Crippen molar-refractivity contribution in [2.75, 3.05) is 0 Å². The fourth-order valence-electron chi connectivity index (χ4n) is 3.91. The van der Waals surface area contributed by atoms with E-state index in [4.69, 9.17) is 4.74 Å². The Morgan fingerprint density at radius 1 is 1.12 bits per heavy atom. The van der Waals surface area contributed by atoms with Crippen molar-refractivity contribution in [1.29, 1.82) is 0 Å². The number of carbonyl (C=O) groups is 1. The van der Waals surface area contributed by atoms with E-state index in [0.717, 1.165) is 31.2 Å². The van der Waals surface area contributed by atoms with E-state index < -0.39 is 0 Å². The highest BCUT2D eigenvalue weighted by atomic mass is 16.5. The highest BCUT2D eigenvalue weighted by Gasteiger charge is 2.44. The molecule has 2 bridgehead atoms. The number of carbonyl (C=O) groups excluding carboxylic acids is 1. The van der Waals surface area contributed by atoms with Crippen molar-refractivity contribution in [3.63, 3.8) is 0 Å². The second kappa shape index (κ2) is 7.09. The number of amides is 2. The first kappa shape index (κ1) is 15.9. The summed E-state index contributed by atoms with van der Waals surface area (Å²) in [5.41, 5.74) is 1.06. The molecular formula is C19H22N4O2. The monoisotopic (exact) mass is 338 g/mol. The first-order valence-corrected chi connectivity index (χ1v) is 8.82. The lowest BCUT2D eigenvalue weighted by Crippen LogP contribution is -2.52. The van der Waals surface area contributed by atoms with Crippen LogP contribution in [0, 0.1) is 0 Å². The molecule has 2 atom stereocenters. The van der Waals surface area contributed by atoms with Gasteiger partial charge in [-0.25, -0.2) is 9.78 Å². The van der Waals surface area contributed by atoms with Gasteiger partial charge in [-0.15, -0.1) is 0 Å². The van der Waals surface area contributed by atoms with Crippen LogP contribution < -0.4 is 10.1 Å². The minimum absolute atomic E-state index is 0.0283. The average Bonchev–Trinajstić information content (AvgIpc) is 2.92. The maximum absolute atomic E-state index is 12.6. The van der Waals surface area contributed by atoms with Gasteiger partial charge in [0, 0.05) is 56.1 Å². The molecule has 2 unspecified atom stereocenters. The number of hydrogen-bond donors (Lipinski definition) is 1. The van der Waals surface area contributed by atoms with Crippen molar-refractivity contribution in [2.45, 2.75) is 50.4 Å². The number of pyridine rings is 2. The van der Waals surface area contributed by atoms with Gasteiger partial charge in [0.2, 0.25) is 5.88 Å². The van der Waals surface area contributed by atoms with E-state index in [1.165, 1.54) is 0 Å². The molecule has 2 fully saturated rings. The van der Waals surface area contributed by atoms with Crippen LogP contribution in [-0.4, -0.2) is 39.1 Å². The van der Waals surface area contributed by atoms with Crippen LogP contribution in [0.1, 0.15) is 31.2 Å². The van der Waals surface area contributed by atoms with E-state index >= 15 is 0 Å². The van der Waals surface area contributed by atoms with Gasteiger partial charge in [-0.2, -0.15) is 0 Å². The van der Waals surface area contributed by atoms with Crippen molar-refractivity contribution >= 4 is 6.03 Å². The summed E-state index contributed by atoms with van der Waals surface area (Å²) in [5, 5.41) is 3.04. The van der Waals surface area contributed by atoms with Crippen LogP contribution in [0.2, 0.25) is 0 Å². The SMILES string of the molecule is O=C(NCc1ccncc1)N1C2CCC1CC(Oc1ccccn1)C2. The third-order valence-corrected chi connectivity index (χ3v) is 5.04. The summed E-state index contributed by atoms with van der Waals surface area (Å²) in [7, 11) is 0. The van der Waals surface area contributed by atoms with Crippen LogP contribution in [0.15, 0.2) is 48.9 Å². The fraction of sp³-hybridized carbons (Fsp3) is 0.421. The molecule has 0 radical (unpaired) electrons. The summed E-state index contributed by atoms with van der Waals surface area (Å²) in [6.45, 7) is 0.533. The topological polar surface area (TPSA) is 67.4 Å². The van der Waals surface area contributed by atoms with Gasteiger partial charge in [-0.3, -0.25) is 4.98 Å². The van der Waals surface area contributed by atoms with Gasteiger partial charge in [0.1, 0.15) is 6.10 Å². The van der Waals surface area contributed by atoms with Crippen molar-refractivity contribution in [3.05, 3.63) is 54.5 Å². The predicted octanol–water partition coefficient (Wildman–Crippen LogP) is 2.76. The molecule has 0 saturated carbocycles. The lowest BCUT2D eigenvalue weighted by molar-refractivity contribution is 0.0660. The number of nitrogens with zero attached hydrogens (tertiary/aromatic N) is 3. The summed E-state index contributed by atoms with van der Waals surface area (Å²) in [6, 6.07) is 10.1. The highest BCUT2D eigenvalue weighted by molar-refractivity contribution is 5.75. The zero-order chi connectivity index (χ0) is 17.1. The first-order valence-electron chi connectivity index (χ1n) is 8.82. The highest BCUT2D eigenvalue weighted by Crippen LogP contribution is 2.37. The molecule has 25 heavy (non-hydrogen) atoms. The molecule has 1 N–H and O–H groups in total. The Labute approximate surface area is 147 Å². The Balaban J connectivity index is 1.34. The second-order valence-electron chi connectivity index (χ2n) is 6.69. The number of piperidine rings is 1. The molecule has 6 heteroatoms. The summed E-state index contributed by atoms with van der Waals surface area (Å²) in [4.78, 5) is 22.9. The van der Waals surface area contributed by atoms with Gasteiger partial charge >= 0.3 is 6.03 Å². The van der Waals surface area contributed by atoms with Crippen LogP contribution >= 0.6 is 0 Å². The van der Waals surface area contributed by atoms with E-state index in [1.54, 1.807) is 18.6 Å². The van der Waals surface area contributed by atoms with E-state index in [2.05, 4.69) is 15.3 Å². The van der Waals surface area contributed by atoms with E-state index in [9.17, 15) is 4.79 Å². The zero-order valence-electron chi connectivity index (χ0n) is 14.0. The lowest BCUT2D eigenvalue weighted by atomic mass is 10.00. The molecule has 2 aromatic rings. The zero-order valence-corrected chi connectivity index (χ0v) is 14.0. The van der Waals surface area contributed by atoms with Crippen molar-refractivity contribution < 1.29 is 9.53 Å². The number of ether oxygens (including phenoxy) is 1. The Bertz CT molecular complexity index is 696. The molecule has 4 heterocycles. The molecule has 130 valence electrons. The van der Waals surface area contributed by atoms with E-state index in [-0.39, 0.29) is 24.2 Å². The third kappa shape index (κ3) is 3.57. The number of fused-ring (bicyclic) bond motifs is 2. The standard InChI is InChI=1S/C19H22N4O2/c24-19(22-13-14-6-9-20-10-7-14)23-15-4-5-16(23)12-17(11-15)25-18-3-1-2-8-21-18/h1-3,6-10,15-17H,4-5,11-13H2,(H,22,24). The Morgan fingerprint density at radius 3 is 2.56 bits per heavy atom. The second-order valence-corrected chi connectivity index (χ2v) is 6.69. The number of hydrogen-bond acceptors (Lipinski definition) is 4. The maximum atomic E-state index is 12.6. The molecule has 0 aromatic carbocycles. The van der Waals surface area contributed by atoms with Crippen LogP contribution in [-0.2, 0) is 6.54 Å². The van der Waals surface area contributed by atoms with Gasteiger partial charge in [-0.05, 0) is 36.6 Å². The summed E-state index contributed by atoms with van der Waals surface area (Å²) >= 11 is 0. The molecule has 2 aromatic heterocycles. The number of urea groups is 1. The van der Waals surface area contributed by atoms with Gasteiger partial charge in [0.25, 0.3) is 0 Å². The number of aromatic nitrogens is 2. The van der Waals surface area contributed by atoms with Crippen molar-refractivity contribution in [1.82, 2.24) is 20.2 Å². The first-order chi connectivity index (χ1) is 12.3. The molecule has 6 nitrogen and oxygen atoms in total. The smallest absolute Gasteiger partial charge is 0.318 e. The molecule has 2 amide bonds. The van der Waals surface area contributed by atoms with Crippen LogP contribution in [0.25, 0.3) is 0 Å². The number of nitrogens with one attached hydrogen (secondary N) is 1. The van der Waals surface area contributed by atoms with E-state index in [1.807, 2.05) is 35.2 Å². The Kier molecular flexibility index (Phi) is 4.50. The molecule has 2 aliphatic rings. The van der Waals surface area contributed by atoms with E-state index in [0.29, 0.717) is 12.4 Å². The lowest BCUT2D eigenvalue weighted by Gasteiger charge is -2.38. The van der Waals surface area contributed by atoms with Gasteiger partial charge in [-0.1, -0.05) is 6.07 Å². The Morgan fingerprint density at radius 2 is 1.88 bits per heavy atom. The summed E-state index contributed by atoms with van der Waals surface area (Å²) in [5.74, 6) is 0.669. The van der Waals surface area contributed by atoms with Crippen LogP contribution in [0.4, 0.5) is 4.79 Å². The summed E-state index contributed by atoms with van der Waals surface area (Å²) in [6.07, 6.45) is 9.20. The predicted molar refractivity (Wildman–Crippen MR) is 93.0 cm³/mol. The van der Waals surface area contributed by atoms with Gasteiger partial charge in [0.05, 0.1) is 0 Å². The van der Waals surface area contributed by atoms with Gasteiger partial charge in [0.15, 0.2) is 0 Å². The molecule has 0 aliphatic carbocycles. The van der Waals surface area contributed by atoms with Crippen LogP contribution in [0.3, 0.4) is 0 Å². The third-order valence-electron chi connectivity index (χ3n) is 5.04. The summed E-state index contributed by atoms with van der Waals surface area (Å²) < 4.78 is 6.02. The average molecular weight is 338 g/mol. The molecule has 0 spiro atoms. The normalized spacial score (nSPS) is 24.8. The fourth-order valence-corrected chi connectivity index (χ4v) is 3.91. The van der Waals surface area contributed by atoms with Gasteiger partial charge < -0.3 is 15.0 Å². The molecule has 2 aliphatic heterocycles. The quantitative estimate of drug-likeness (QED) is 0.931. The number of rotatable bonds is 4. The van der Waals surface area contributed by atoms with Crippen LogP contribution in [0.5, 0.6) is 5.88 Å². The molecular weight excluding hydrogens is 316 g/mol. The largest absolute Gasteiger partial charge is 0.474 e. The van der Waals surface area contributed by atoms with Crippen molar-refractivity contribution in [2.24, 2.45) is 0 Å². The molecule has 2 saturated heterocycles. The molecule has 4 rings (SSSR count). The van der Waals surface area contributed by atoms with Crippen molar-refractivity contribution in [3.8, 4) is 5.88 Å². The minimum Gasteiger partial charge on any atom is -0.474 e. The maximum Gasteiger partial charge on any atom is 0.318 e.